The van der Waals surface area contributed by atoms with E-state index in [1.54, 1.807) is 12.3 Å². The molecule has 0 saturated carbocycles. The Hall–Kier alpha value is -1.68. The zero-order valence-electron chi connectivity index (χ0n) is 10.5. The molecule has 18 heavy (non-hydrogen) atoms. The van der Waals surface area contributed by atoms with Gasteiger partial charge in [0.15, 0.2) is 5.75 Å². The summed E-state index contributed by atoms with van der Waals surface area (Å²) in [6.07, 6.45) is 1.72. The molecule has 0 aliphatic carbocycles. The number of halogens is 1. The molecule has 0 atom stereocenters. The fraction of sp³-hybridized carbons (Fsp3) is 0.308. The normalized spacial score (nSPS) is 10.7. The van der Waals surface area contributed by atoms with Crippen LogP contribution in [0.5, 0.6) is 11.6 Å². The predicted molar refractivity (Wildman–Crippen MR) is 70.2 cm³/mol. The van der Waals surface area contributed by atoms with E-state index < -0.39 is 0 Å². The van der Waals surface area contributed by atoms with Crippen molar-refractivity contribution in [2.75, 3.05) is 0 Å². The molecule has 0 N–H and O–H groups in total. The van der Waals surface area contributed by atoms with Crippen molar-refractivity contribution < 1.29 is 4.74 Å². The van der Waals surface area contributed by atoms with Gasteiger partial charge in [-0.3, -0.25) is 4.98 Å². The molecule has 5 heteroatoms. The Morgan fingerprint density at radius 3 is 2.72 bits per heavy atom. The number of pyridine rings is 1. The first kappa shape index (κ1) is 12.8. The van der Waals surface area contributed by atoms with E-state index >= 15 is 0 Å². The summed E-state index contributed by atoms with van der Waals surface area (Å²) >= 11 is 5.95. The average Bonchev–Trinajstić information content (AvgIpc) is 2.31. The maximum Gasteiger partial charge on any atom is 0.224 e. The van der Waals surface area contributed by atoms with Crippen molar-refractivity contribution in [3.63, 3.8) is 0 Å². The van der Waals surface area contributed by atoms with Crippen LogP contribution in [0.1, 0.15) is 31.3 Å². The molecule has 2 heterocycles. The fourth-order valence-electron chi connectivity index (χ4n) is 1.41. The lowest BCUT2D eigenvalue weighted by Crippen LogP contribution is -2.00. The van der Waals surface area contributed by atoms with Gasteiger partial charge in [-0.2, -0.15) is 4.98 Å². The van der Waals surface area contributed by atoms with Crippen LogP contribution >= 0.6 is 11.6 Å². The van der Waals surface area contributed by atoms with Crippen molar-refractivity contribution in [2.45, 2.75) is 26.7 Å². The molecule has 0 unspecified atom stereocenters. The van der Waals surface area contributed by atoms with Gasteiger partial charge in [-0.25, -0.2) is 4.98 Å². The Morgan fingerprint density at radius 1 is 1.28 bits per heavy atom. The van der Waals surface area contributed by atoms with E-state index in [4.69, 9.17) is 16.3 Å². The van der Waals surface area contributed by atoms with Gasteiger partial charge >= 0.3 is 0 Å². The lowest BCUT2D eigenvalue weighted by molar-refractivity contribution is 0.451. The van der Waals surface area contributed by atoms with Crippen LogP contribution in [0.15, 0.2) is 24.4 Å². The molecule has 0 radical (unpaired) electrons. The van der Waals surface area contributed by atoms with Gasteiger partial charge in [0.1, 0.15) is 11.0 Å². The topological polar surface area (TPSA) is 47.9 Å². The zero-order valence-corrected chi connectivity index (χ0v) is 11.3. The highest BCUT2D eigenvalue weighted by atomic mass is 35.5. The monoisotopic (exact) mass is 263 g/mol. The van der Waals surface area contributed by atoms with Crippen molar-refractivity contribution >= 4 is 11.6 Å². The van der Waals surface area contributed by atoms with Crippen molar-refractivity contribution in [1.29, 1.82) is 0 Å². The third-order valence-electron chi connectivity index (χ3n) is 2.38. The first-order chi connectivity index (χ1) is 8.56. The van der Waals surface area contributed by atoms with Gasteiger partial charge in [-0.1, -0.05) is 25.4 Å². The third-order valence-corrected chi connectivity index (χ3v) is 2.57. The highest BCUT2D eigenvalue weighted by molar-refractivity contribution is 6.29. The molecule has 0 aromatic carbocycles. The average molecular weight is 264 g/mol. The molecular weight excluding hydrogens is 250 g/mol. The molecule has 2 aromatic heterocycles. The summed E-state index contributed by atoms with van der Waals surface area (Å²) in [4.78, 5) is 12.6. The second kappa shape index (κ2) is 5.31. The Balaban J connectivity index is 2.32. The fourth-order valence-corrected chi connectivity index (χ4v) is 1.59. The molecule has 94 valence electrons. The molecule has 2 rings (SSSR count). The van der Waals surface area contributed by atoms with Crippen molar-refractivity contribution in [3.8, 4) is 11.6 Å². The standard InChI is InChI=1S/C13H14ClN3O/c1-8(2)13-16-11(14)7-12(17-13)18-10-5-4-6-15-9(10)3/h4-8H,1-3H3. The van der Waals surface area contributed by atoms with Gasteiger partial charge < -0.3 is 4.74 Å². The van der Waals surface area contributed by atoms with E-state index in [9.17, 15) is 0 Å². The van der Waals surface area contributed by atoms with Gasteiger partial charge in [0.2, 0.25) is 5.88 Å². The van der Waals surface area contributed by atoms with Crippen LogP contribution in [0, 0.1) is 6.92 Å². The van der Waals surface area contributed by atoms with Crippen LogP contribution in [-0.4, -0.2) is 15.0 Å². The van der Waals surface area contributed by atoms with E-state index in [1.165, 1.54) is 0 Å². The van der Waals surface area contributed by atoms with Gasteiger partial charge in [-0.05, 0) is 19.1 Å². The number of ether oxygens (including phenoxy) is 1. The largest absolute Gasteiger partial charge is 0.437 e. The minimum Gasteiger partial charge on any atom is -0.437 e. The second-order valence-corrected chi connectivity index (χ2v) is 4.62. The van der Waals surface area contributed by atoms with Crippen LogP contribution in [0.2, 0.25) is 5.15 Å². The molecule has 0 amide bonds. The first-order valence-electron chi connectivity index (χ1n) is 5.70. The molecule has 0 aliphatic rings. The molecule has 0 spiro atoms. The molecule has 0 aliphatic heterocycles. The van der Waals surface area contributed by atoms with E-state index in [0.29, 0.717) is 22.6 Å². The zero-order chi connectivity index (χ0) is 13.1. The van der Waals surface area contributed by atoms with E-state index in [1.807, 2.05) is 32.9 Å². The Kier molecular flexibility index (Phi) is 3.77. The van der Waals surface area contributed by atoms with Gasteiger partial charge in [0, 0.05) is 18.2 Å². The Morgan fingerprint density at radius 2 is 2.06 bits per heavy atom. The number of aromatic nitrogens is 3. The number of hydrogen-bond acceptors (Lipinski definition) is 4. The van der Waals surface area contributed by atoms with Gasteiger partial charge in [0.25, 0.3) is 0 Å². The lowest BCUT2D eigenvalue weighted by atomic mass is 10.2. The van der Waals surface area contributed by atoms with Gasteiger partial charge in [0.05, 0.1) is 5.69 Å². The van der Waals surface area contributed by atoms with Gasteiger partial charge in [-0.15, -0.1) is 0 Å². The van der Waals surface area contributed by atoms with Crippen molar-refractivity contribution in [3.05, 3.63) is 41.1 Å². The molecule has 0 bridgehead atoms. The molecule has 0 fully saturated rings. The van der Waals surface area contributed by atoms with E-state index in [2.05, 4.69) is 15.0 Å². The lowest BCUT2D eigenvalue weighted by Gasteiger charge is -2.09. The smallest absolute Gasteiger partial charge is 0.224 e. The molecular formula is C13H14ClN3O. The quantitative estimate of drug-likeness (QED) is 0.792. The maximum atomic E-state index is 5.95. The summed E-state index contributed by atoms with van der Waals surface area (Å²) in [6.45, 7) is 5.89. The van der Waals surface area contributed by atoms with E-state index in [-0.39, 0.29) is 5.92 Å². The molecule has 0 saturated heterocycles. The summed E-state index contributed by atoms with van der Waals surface area (Å²) in [5.41, 5.74) is 0.804. The summed E-state index contributed by atoms with van der Waals surface area (Å²) in [6, 6.07) is 5.25. The highest BCUT2D eigenvalue weighted by Gasteiger charge is 2.09. The molecule has 2 aromatic rings. The highest BCUT2D eigenvalue weighted by Crippen LogP contribution is 2.25. The van der Waals surface area contributed by atoms with Crippen LogP contribution in [0.3, 0.4) is 0 Å². The first-order valence-corrected chi connectivity index (χ1v) is 6.08. The minimum atomic E-state index is 0.195. The SMILES string of the molecule is Cc1ncccc1Oc1cc(Cl)nc(C(C)C)n1. The van der Waals surface area contributed by atoms with Crippen LogP contribution in [0.4, 0.5) is 0 Å². The Bertz CT molecular complexity index is 558. The number of nitrogens with zero attached hydrogens (tertiary/aromatic N) is 3. The summed E-state index contributed by atoms with van der Waals surface area (Å²) in [5.74, 6) is 1.97. The number of rotatable bonds is 3. The minimum absolute atomic E-state index is 0.195. The van der Waals surface area contributed by atoms with Crippen LogP contribution < -0.4 is 4.74 Å². The van der Waals surface area contributed by atoms with Crippen LogP contribution in [0.25, 0.3) is 0 Å². The van der Waals surface area contributed by atoms with Crippen molar-refractivity contribution in [1.82, 2.24) is 15.0 Å². The summed E-state index contributed by atoms with van der Waals surface area (Å²) < 4.78 is 5.68. The summed E-state index contributed by atoms with van der Waals surface area (Å²) in [5, 5.41) is 0.380. The number of aryl methyl sites for hydroxylation is 1. The number of hydrogen-bond donors (Lipinski definition) is 0. The molecule has 4 nitrogen and oxygen atoms in total. The van der Waals surface area contributed by atoms with Crippen LogP contribution in [-0.2, 0) is 0 Å². The van der Waals surface area contributed by atoms with E-state index in [0.717, 1.165) is 5.69 Å². The Labute approximate surface area is 111 Å². The summed E-state index contributed by atoms with van der Waals surface area (Å²) in [7, 11) is 0. The predicted octanol–water partition coefficient (Wildman–Crippen LogP) is 3.75. The maximum absolute atomic E-state index is 5.95. The van der Waals surface area contributed by atoms with Crippen molar-refractivity contribution in [2.24, 2.45) is 0 Å². The second-order valence-electron chi connectivity index (χ2n) is 4.23. The third kappa shape index (κ3) is 2.96.